The summed E-state index contributed by atoms with van der Waals surface area (Å²) in [5.41, 5.74) is 1.54. The first-order valence-corrected chi connectivity index (χ1v) is 6.52. The average Bonchev–Trinajstić information content (AvgIpc) is 2.40. The number of hydrogen-bond acceptors (Lipinski definition) is 2. The third kappa shape index (κ3) is 3.11. The van der Waals surface area contributed by atoms with Crippen molar-refractivity contribution in [3.63, 3.8) is 0 Å². The average molecular weight is 243 g/mol. The van der Waals surface area contributed by atoms with Gasteiger partial charge in [-0.15, -0.1) is 11.8 Å². The topological polar surface area (TPSA) is 26.1 Å². The zero-order chi connectivity index (χ0) is 12.1. The van der Waals surface area contributed by atoms with Crippen LogP contribution in [0.25, 0.3) is 0 Å². The monoisotopic (exact) mass is 243 g/mol. The number of nitrogens with zero attached hydrogens (tertiary/aromatic N) is 1. The van der Waals surface area contributed by atoms with Crippen LogP contribution in [0.5, 0.6) is 0 Å². The van der Waals surface area contributed by atoms with Crippen LogP contribution in [-0.4, -0.2) is 17.2 Å². The Bertz CT molecular complexity index is 506. The van der Waals surface area contributed by atoms with Crippen LogP contribution >= 0.6 is 11.8 Å². The fourth-order valence-electron chi connectivity index (χ4n) is 1.47. The van der Waals surface area contributed by atoms with E-state index in [-0.39, 0.29) is 0 Å². The molecule has 0 N–H and O–H groups in total. The van der Waals surface area contributed by atoms with Crippen molar-refractivity contribution in [2.24, 2.45) is 0 Å². The van der Waals surface area contributed by atoms with E-state index in [1.54, 1.807) is 30.1 Å². The van der Waals surface area contributed by atoms with Crippen molar-refractivity contribution in [2.45, 2.75) is 4.90 Å². The lowest BCUT2D eigenvalue weighted by molar-refractivity contribution is -0.354. The van der Waals surface area contributed by atoms with Gasteiger partial charge in [0.15, 0.2) is 6.21 Å². The normalized spacial score (nSPS) is 11.5. The maximum atomic E-state index is 11.8. The predicted octanol–water partition coefficient (Wildman–Crippen LogP) is 3.67. The van der Waals surface area contributed by atoms with Crippen molar-refractivity contribution in [1.82, 2.24) is 0 Å². The van der Waals surface area contributed by atoms with Crippen LogP contribution in [0.15, 0.2) is 59.5 Å². The van der Waals surface area contributed by atoms with Crippen molar-refractivity contribution in [3.8, 4) is 0 Å². The van der Waals surface area contributed by atoms with Crippen molar-refractivity contribution in [3.05, 3.63) is 65.4 Å². The van der Waals surface area contributed by atoms with E-state index < -0.39 is 0 Å². The van der Waals surface area contributed by atoms with E-state index in [2.05, 4.69) is 0 Å². The van der Waals surface area contributed by atoms with Gasteiger partial charge in [-0.05, 0) is 30.5 Å². The Morgan fingerprint density at radius 2 is 1.65 bits per heavy atom. The first-order chi connectivity index (χ1) is 8.29. The molecule has 17 heavy (non-hydrogen) atoms. The number of thioether (sulfide) groups is 1. The summed E-state index contributed by atoms with van der Waals surface area (Å²) in [6, 6.07) is 17.1. The molecule has 0 heterocycles. The molecular weight excluding hydrogens is 230 g/mol. The predicted molar refractivity (Wildman–Crippen MR) is 73.1 cm³/mol. The summed E-state index contributed by atoms with van der Waals surface area (Å²) in [5.74, 6) is 0. The number of rotatable bonds is 3. The fraction of sp³-hybridized carbons (Fsp3) is 0.0714. The van der Waals surface area contributed by atoms with Gasteiger partial charge in [0.05, 0.1) is 0 Å². The van der Waals surface area contributed by atoms with Crippen molar-refractivity contribution in [1.29, 1.82) is 0 Å². The molecular formula is C14H13NOS. The minimum atomic E-state index is 0.640. The number of hydrogen-bond donors (Lipinski definition) is 0. The molecule has 0 radical (unpaired) electrons. The highest BCUT2D eigenvalue weighted by molar-refractivity contribution is 7.98. The molecule has 0 atom stereocenters. The highest BCUT2D eigenvalue weighted by Crippen LogP contribution is 2.15. The summed E-state index contributed by atoms with van der Waals surface area (Å²) in [7, 11) is 0. The third-order valence-corrected chi connectivity index (χ3v) is 3.14. The van der Waals surface area contributed by atoms with Crippen molar-refractivity contribution >= 4 is 23.7 Å². The van der Waals surface area contributed by atoms with Crippen molar-refractivity contribution < 1.29 is 4.74 Å². The van der Waals surface area contributed by atoms with Crippen molar-refractivity contribution in [2.75, 3.05) is 6.26 Å². The van der Waals surface area contributed by atoms with Crippen LogP contribution in [0.4, 0.5) is 5.69 Å². The summed E-state index contributed by atoms with van der Waals surface area (Å²) in [6.45, 7) is 0. The molecule has 0 fully saturated rings. The van der Waals surface area contributed by atoms with Gasteiger partial charge in [0.2, 0.25) is 5.69 Å². The van der Waals surface area contributed by atoms with E-state index in [0.29, 0.717) is 5.69 Å². The minimum absolute atomic E-state index is 0.640. The molecule has 86 valence electrons. The lowest BCUT2D eigenvalue weighted by Gasteiger charge is -2.02. The van der Waals surface area contributed by atoms with Gasteiger partial charge in [0.1, 0.15) is 0 Å². The van der Waals surface area contributed by atoms with E-state index in [1.807, 2.05) is 48.7 Å². The second-order valence-corrected chi connectivity index (χ2v) is 4.44. The smallest absolute Gasteiger partial charge is 0.216 e. The molecule has 0 aliphatic carbocycles. The molecule has 0 unspecified atom stereocenters. The molecule has 0 spiro atoms. The highest BCUT2D eigenvalue weighted by atomic mass is 32.2. The molecule has 3 heteroatoms. The zero-order valence-corrected chi connectivity index (χ0v) is 10.4. The lowest BCUT2D eigenvalue weighted by Crippen LogP contribution is -1.98. The Balaban J connectivity index is 2.23. The molecule has 2 aromatic carbocycles. The molecule has 0 bridgehead atoms. The maximum absolute atomic E-state index is 11.8. The van der Waals surface area contributed by atoms with E-state index in [9.17, 15) is 5.21 Å². The Morgan fingerprint density at radius 3 is 2.24 bits per heavy atom. The zero-order valence-electron chi connectivity index (χ0n) is 9.54. The number of benzene rings is 2. The van der Waals surface area contributed by atoms with Gasteiger partial charge >= 0.3 is 0 Å². The molecule has 0 saturated carbocycles. The standard InChI is InChI=1S/C14H13NOS/c1-17-14-9-7-12(8-10-14)11-15(16)13-5-3-2-4-6-13/h2-11H,1H3/b15-11-. The maximum Gasteiger partial charge on any atom is 0.216 e. The summed E-state index contributed by atoms with van der Waals surface area (Å²) in [5, 5.41) is 11.8. The molecule has 0 aromatic heterocycles. The first-order valence-electron chi connectivity index (χ1n) is 5.30. The second-order valence-electron chi connectivity index (χ2n) is 3.56. The van der Waals surface area contributed by atoms with Gasteiger partial charge in [0, 0.05) is 22.6 Å². The highest BCUT2D eigenvalue weighted by Gasteiger charge is 2.00. The van der Waals surface area contributed by atoms with Crippen LogP contribution in [0.1, 0.15) is 5.56 Å². The summed E-state index contributed by atoms with van der Waals surface area (Å²) in [4.78, 5) is 1.19. The number of para-hydroxylation sites is 1. The summed E-state index contributed by atoms with van der Waals surface area (Å²) >= 11 is 1.69. The first kappa shape index (κ1) is 11.7. The third-order valence-electron chi connectivity index (χ3n) is 2.39. The quantitative estimate of drug-likeness (QED) is 0.270. The fourth-order valence-corrected chi connectivity index (χ4v) is 1.88. The van der Waals surface area contributed by atoms with Crippen LogP contribution in [0, 0.1) is 5.21 Å². The van der Waals surface area contributed by atoms with Crippen LogP contribution in [0.2, 0.25) is 0 Å². The Morgan fingerprint density at radius 1 is 1.00 bits per heavy atom. The van der Waals surface area contributed by atoms with E-state index in [0.717, 1.165) is 10.3 Å². The van der Waals surface area contributed by atoms with E-state index in [1.165, 1.54) is 4.90 Å². The van der Waals surface area contributed by atoms with Crippen LogP contribution in [-0.2, 0) is 0 Å². The van der Waals surface area contributed by atoms with E-state index >= 15 is 0 Å². The second kappa shape index (κ2) is 5.55. The summed E-state index contributed by atoms with van der Waals surface area (Å²) in [6.07, 6.45) is 3.61. The molecule has 0 aliphatic heterocycles. The lowest BCUT2D eigenvalue weighted by atomic mass is 10.2. The Labute approximate surface area is 105 Å². The molecule has 0 amide bonds. The van der Waals surface area contributed by atoms with E-state index in [4.69, 9.17) is 0 Å². The SMILES string of the molecule is CSc1ccc(/C=[N+](\[O-])c2ccccc2)cc1. The minimum Gasteiger partial charge on any atom is -0.618 e. The molecule has 2 nitrogen and oxygen atoms in total. The van der Waals surface area contributed by atoms with Crippen LogP contribution < -0.4 is 0 Å². The molecule has 2 aromatic rings. The van der Waals surface area contributed by atoms with Crippen LogP contribution in [0.3, 0.4) is 0 Å². The molecule has 0 aliphatic rings. The largest absolute Gasteiger partial charge is 0.618 e. The van der Waals surface area contributed by atoms with Gasteiger partial charge in [0.25, 0.3) is 0 Å². The Kier molecular flexibility index (Phi) is 3.83. The van der Waals surface area contributed by atoms with Gasteiger partial charge < -0.3 is 5.21 Å². The van der Waals surface area contributed by atoms with Gasteiger partial charge in [-0.3, -0.25) is 0 Å². The molecule has 0 saturated heterocycles. The summed E-state index contributed by atoms with van der Waals surface area (Å²) < 4.78 is 0.883. The Hall–Kier alpha value is -1.74. The van der Waals surface area contributed by atoms with Gasteiger partial charge in [-0.1, -0.05) is 18.2 Å². The van der Waals surface area contributed by atoms with Gasteiger partial charge in [-0.2, -0.15) is 4.74 Å². The molecule has 2 rings (SSSR count). The van der Waals surface area contributed by atoms with Gasteiger partial charge in [-0.25, -0.2) is 0 Å².